The summed E-state index contributed by atoms with van der Waals surface area (Å²) < 4.78 is 20.7. The third-order valence-electron chi connectivity index (χ3n) is 5.10. The fourth-order valence-electron chi connectivity index (χ4n) is 3.62. The van der Waals surface area contributed by atoms with Crippen LogP contribution in [0.4, 0.5) is 0 Å². The zero-order valence-corrected chi connectivity index (χ0v) is 17.2. The number of hydrogen-bond acceptors (Lipinski definition) is 7. The minimum atomic E-state index is -0.476. The number of carbonyl (C=O) groups excluding carboxylic acids is 2. The summed E-state index contributed by atoms with van der Waals surface area (Å²) in [6.45, 7) is 4.69. The Morgan fingerprint density at radius 1 is 1.48 bits per heavy atom. The van der Waals surface area contributed by atoms with Gasteiger partial charge in [0.15, 0.2) is 0 Å². The Labute approximate surface area is 171 Å². The number of aromatic nitrogens is 1. The second-order valence-electron chi connectivity index (χ2n) is 7.05. The van der Waals surface area contributed by atoms with Gasteiger partial charge in [-0.15, -0.1) is 0 Å². The maximum absolute atomic E-state index is 12.5. The van der Waals surface area contributed by atoms with Gasteiger partial charge in [0.1, 0.15) is 0 Å². The van der Waals surface area contributed by atoms with Crippen LogP contribution in [0, 0.1) is 0 Å². The summed E-state index contributed by atoms with van der Waals surface area (Å²) in [7, 11) is 2.14. The fourth-order valence-corrected chi connectivity index (χ4v) is 3.62. The molecule has 1 fully saturated rings. The zero-order valence-electron chi connectivity index (χ0n) is 17.2. The van der Waals surface area contributed by atoms with Gasteiger partial charge in [-0.05, 0) is 6.92 Å². The number of hydrogen-bond donors (Lipinski definition) is 0. The van der Waals surface area contributed by atoms with Crippen molar-refractivity contribution >= 4 is 25.1 Å². The van der Waals surface area contributed by atoms with E-state index in [-0.39, 0.29) is 30.3 Å². The first kappa shape index (κ1) is 22.7. The van der Waals surface area contributed by atoms with Crippen molar-refractivity contribution in [2.75, 3.05) is 20.3 Å². The Morgan fingerprint density at radius 2 is 2.28 bits per heavy atom. The Balaban J connectivity index is 1.99. The zero-order chi connectivity index (χ0) is 21.2. The van der Waals surface area contributed by atoms with E-state index in [1.807, 2.05) is 13.0 Å². The van der Waals surface area contributed by atoms with E-state index < -0.39 is 6.04 Å². The Morgan fingerprint density at radius 3 is 2.90 bits per heavy atom. The van der Waals surface area contributed by atoms with Crippen molar-refractivity contribution in [1.82, 2.24) is 9.88 Å². The summed E-state index contributed by atoms with van der Waals surface area (Å²) in [5.74, 6) is 0.164. The van der Waals surface area contributed by atoms with E-state index in [4.69, 9.17) is 9.47 Å². The Hall–Kier alpha value is -2.58. The molecule has 0 N–H and O–H groups in total. The normalized spacial score (nSPS) is 20.0. The van der Waals surface area contributed by atoms with Crippen LogP contribution >= 0.6 is 0 Å². The number of methoxy groups -OCH3 is 1. The van der Waals surface area contributed by atoms with Crippen LogP contribution in [0.2, 0.25) is 0 Å². The second-order valence-corrected chi connectivity index (χ2v) is 7.05. The fraction of sp³-hybridized carbons (Fsp3) is 0.600. The molecule has 0 aromatic carbocycles. The number of ether oxygens (including phenoxy) is 2. The average molecular weight is 401 g/mol. The molecule has 3 atom stereocenters. The predicted molar refractivity (Wildman–Crippen MR) is 109 cm³/mol. The third-order valence-corrected chi connectivity index (χ3v) is 5.10. The molecule has 1 aromatic heterocycles. The van der Waals surface area contributed by atoms with E-state index >= 15 is 0 Å². The molecule has 0 saturated carbocycles. The number of rotatable bonds is 11. The van der Waals surface area contributed by atoms with Crippen LogP contribution in [0.5, 0.6) is 5.88 Å². The van der Waals surface area contributed by atoms with E-state index in [1.54, 1.807) is 31.2 Å². The number of likely N-dealkylation sites (tertiary alicyclic amines) is 1. The molecule has 1 aliphatic heterocycles. The molecule has 3 unspecified atom stereocenters. The SMILES string of the molecule is CCOC(=O)CC(CCCN1C(=O)C(N=CB=O)CC1C)c1ccc(OC)nc1. The van der Waals surface area contributed by atoms with Gasteiger partial charge in [0.25, 0.3) is 0 Å². The van der Waals surface area contributed by atoms with Crippen molar-refractivity contribution in [2.45, 2.75) is 57.5 Å². The number of pyridine rings is 1. The van der Waals surface area contributed by atoms with Gasteiger partial charge in [0.2, 0.25) is 5.88 Å². The summed E-state index contributed by atoms with van der Waals surface area (Å²) >= 11 is 0. The summed E-state index contributed by atoms with van der Waals surface area (Å²) in [4.78, 5) is 34.6. The standard InChI is InChI=1S/C20H28BN3O5/c1-4-29-19(25)11-15(16-7-8-18(28-3)22-12-16)6-5-9-24-14(2)10-17(20(24)26)23-13-21-27/h7-8,12-15,17H,4-6,9-11H2,1-3H3. The first-order valence-corrected chi connectivity index (χ1v) is 9.93. The molecule has 29 heavy (non-hydrogen) atoms. The summed E-state index contributed by atoms with van der Waals surface area (Å²) in [6.07, 6.45) is 5.18. The molecule has 2 rings (SSSR count). The van der Waals surface area contributed by atoms with E-state index in [1.165, 1.54) is 0 Å². The quantitative estimate of drug-likeness (QED) is 0.320. The topological polar surface area (TPSA) is 98.2 Å². The van der Waals surface area contributed by atoms with Gasteiger partial charge in [-0.25, -0.2) is 0 Å². The molecule has 0 aliphatic carbocycles. The van der Waals surface area contributed by atoms with Crippen LogP contribution in [0.3, 0.4) is 0 Å². The molecule has 1 aliphatic rings. The van der Waals surface area contributed by atoms with Gasteiger partial charge in [-0.3, -0.25) is 0 Å². The van der Waals surface area contributed by atoms with Crippen LogP contribution in [0.1, 0.15) is 51.0 Å². The summed E-state index contributed by atoms with van der Waals surface area (Å²) in [6, 6.07) is 3.28. The van der Waals surface area contributed by atoms with E-state index in [2.05, 4.69) is 9.98 Å². The van der Waals surface area contributed by atoms with Crippen molar-refractivity contribution in [1.29, 1.82) is 0 Å². The molecular formula is C20H28BN3O5. The molecular weight excluding hydrogens is 373 g/mol. The molecule has 156 valence electrons. The van der Waals surface area contributed by atoms with Crippen molar-refractivity contribution in [3.8, 4) is 5.88 Å². The first-order valence-electron chi connectivity index (χ1n) is 9.93. The Bertz CT molecular complexity index is 725. The van der Waals surface area contributed by atoms with Gasteiger partial charge in [0.05, 0.1) is 13.7 Å². The van der Waals surface area contributed by atoms with Crippen molar-refractivity contribution in [2.24, 2.45) is 4.99 Å². The van der Waals surface area contributed by atoms with Crippen molar-refractivity contribution in [3.05, 3.63) is 23.9 Å². The summed E-state index contributed by atoms with van der Waals surface area (Å²) in [5.41, 5.74) is 0.938. The molecule has 1 aromatic rings. The van der Waals surface area contributed by atoms with Crippen LogP contribution in [-0.2, 0) is 19.0 Å². The van der Waals surface area contributed by atoms with Gasteiger partial charge in [-0.2, -0.15) is 0 Å². The van der Waals surface area contributed by atoms with Crippen LogP contribution < -0.4 is 4.74 Å². The van der Waals surface area contributed by atoms with Crippen molar-refractivity contribution < 1.29 is 23.8 Å². The molecule has 0 spiro atoms. The van der Waals surface area contributed by atoms with E-state index in [0.29, 0.717) is 39.0 Å². The Kier molecular flexibility index (Phi) is 8.95. The van der Waals surface area contributed by atoms with Gasteiger partial charge < -0.3 is 4.74 Å². The molecule has 9 heteroatoms. The summed E-state index contributed by atoms with van der Waals surface area (Å²) in [5, 5.41) is 0. The molecule has 0 radical (unpaired) electrons. The predicted octanol–water partition coefficient (Wildman–Crippen LogP) is 1.97. The minimum absolute atomic E-state index is 0.0515. The van der Waals surface area contributed by atoms with Crippen LogP contribution in [0.15, 0.2) is 23.3 Å². The van der Waals surface area contributed by atoms with Gasteiger partial charge >= 0.3 is 140 Å². The van der Waals surface area contributed by atoms with Crippen molar-refractivity contribution in [3.63, 3.8) is 0 Å². The average Bonchev–Trinajstić information content (AvgIpc) is 2.99. The molecule has 8 nitrogen and oxygen atoms in total. The van der Waals surface area contributed by atoms with Crippen LogP contribution in [0.25, 0.3) is 0 Å². The number of amides is 1. The third kappa shape index (κ3) is 6.47. The molecule has 1 saturated heterocycles. The first-order chi connectivity index (χ1) is 14.0. The number of nitrogens with zero attached hydrogens (tertiary/aromatic N) is 3. The number of aliphatic imine (C=N–C) groups is 1. The maximum atomic E-state index is 12.5. The van der Waals surface area contributed by atoms with Gasteiger partial charge in [0, 0.05) is 0 Å². The molecule has 1 amide bonds. The van der Waals surface area contributed by atoms with Gasteiger partial charge in [-0.1, -0.05) is 0 Å². The molecule has 2 heterocycles. The van der Waals surface area contributed by atoms with E-state index in [9.17, 15) is 14.3 Å². The number of carbonyl (C=O) groups is 2. The molecule has 0 bridgehead atoms. The second kappa shape index (κ2) is 11.4. The van der Waals surface area contributed by atoms with Crippen LogP contribution in [-0.4, -0.2) is 67.4 Å². The monoisotopic (exact) mass is 401 g/mol. The van der Waals surface area contributed by atoms with E-state index in [0.717, 1.165) is 18.1 Å². The number of esters is 1.